The fraction of sp³-hybridized carbons (Fsp3) is 0.562. The van der Waals surface area contributed by atoms with Crippen LogP contribution in [0.2, 0.25) is 0 Å². The highest BCUT2D eigenvalue weighted by Crippen LogP contribution is 2.13. The third kappa shape index (κ3) is 4.62. The Morgan fingerprint density at radius 2 is 1.95 bits per heavy atom. The molecule has 4 heteroatoms. The van der Waals surface area contributed by atoms with Crippen LogP contribution in [0.25, 0.3) is 0 Å². The van der Waals surface area contributed by atoms with Crippen LogP contribution in [-0.4, -0.2) is 36.5 Å². The van der Waals surface area contributed by atoms with E-state index in [1.165, 1.54) is 12.8 Å². The average Bonchev–Trinajstić information content (AvgIpc) is 2.92. The van der Waals surface area contributed by atoms with Crippen molar-refractivity contribution in [2.75, 3.05) is 19.6 Å². The predicted molar refractivity (Wildman–Crippen MR) is 81.3 cm³/mol. The number of nitrogens with two attached hydrogens (primary N) is 1. The first-order valence-corrected chi connectivity index (χ1v) is 7.47. The van der Waals surface area contributed by atoms with Gasteiger partial charge in [-0.1, -0.05) is 30.3 Å². The maximum Gasteiger partial charge on any atom is 0.222 e. The lowest BCUT2D eigenvalue weighted by Gasteiger charge is -2.22. The van der Waals surface area contributed by atoms with Crippen LogP contribution in [0.5, 0.6) is 0 Å². The summed E-state index contributed by atoms with van der Waals surface area (Å²) in [5.41, 5.74) is 7.07. The molecular weight excluding hydrogens is 250 g/mol. The molecule has 1 amide bonds. The van der Waals surface area contributed by atoms with Crippen molar-refractivity contribution in [2.24, 2.45) is 5.73 Å². The van der Waals surface area contributed by atoms with Gasteiger partial charge < -0.3 is 16.0 Å². The number of nitrogens with zero attached hydrogens (tertiary/aromatic N) is 1. The number of amides is 1. The van der Waals surface area contributed by atoms with Crippen LogP contribution >= 0.6 is 0 Å². The fourth-order valence-electron chi connectivity index (χ4n) is 2.75. The first-order chi connectivity index (χ1) is 9.65. The van der Waals surface area contributed by atoms with E-state index < -0.39 is 0 Å². The van der Waals surface area contributed by atoms with Gasteiger partial charge in [0.15, 0.2) is 0 Å². The van der Waals surface area contributed by atoms with Gasteiger partial charge >= 0.3 is 0 Å². The molecule has 1 aliphatic rings. The van der Waals surface area contributed by atoms with E-state index in [1.807, 2.05) is 30.3 Å². The molecule has 3 N–H and O–H groups in total. The molecular formula is C16H25N3O. The summed E-state index contributed by atoms with van der Waals surface area (Å²) in [4.78, 5) is 14.4. The Balaban J connectivity index is 1.74. The minimum atomic E-state index is -0.227. The quantitative estimate of drug-likeness (QED) is 0.830. The van der Waals surface area contributed by atoms with Crippen molar-refractivity contribution < 1.29 is 4.79 Å². The normalized spacial score (nSPS) is 18.7. The number of likely N-dealkylation sites (tertiary alicyclic amines) is 1. The van der Waals surface area contributed by atoms with E-state index in [0.29, 0.717) is 6.42 Å². The molecule has 1 fully saturated rings. The van der Waals surface area contributed by atoms with Gasteiger partial charge in [0.05, 0.1) is 0 Å². The molecule has 20 heavy (non-hydrogen) atoms. The summed E-state index contributed by atoms with van der Waals surface area (Å²) < 4.78 is 0. The van der Waals surface area contributed by atoms with Gasteiger partial charge in [-0.15, -0.1) is 0 Å². The molecule has 0 aliphatic carbocycles. The summed E-state index contributed by atoms with van der Waals surface area (Å²) in [5.74, 6) is 0.0352. The summed E-state index contributed by atoms with van der Waals surface area (Å²) in [5, 5.41) is 3.05. The van der Waals surface area contributed by atoms with Crippen molar-refractivity contribution in [2.45, 2.75) is 38.3 Å². The van der Waals surface area contributed by atoms with Crippen molar-refractivity contribution in [1.82, 2.24) is 10.2 Å². The monoisotopic (exact) mass is 275 g/mol. The third-order valence-electron chi connectivity index (χ3n) is 3.77. The topological polar surface area (TPSA) is 58.4 Å². The highest BCUT2D eigenvalue weighted by atomic mass is 16.1. The summed E-state index contributed by atoms with van der Waals surface area (Å²) in [7, 11) is 0. The van der Waals surface area contributed by atoms with Crippen molar-refractivity contribution in [1.29, 1.82) is 0 Å². The number of benzene rings is 1. The van der Waals surface area contributed by atoms with Gasteiger partial charge in [0, 0.05) is 25.0 Å². The minimum Gasteiger partial charge on any atom is -0.352 e. The zero-order valence-electron chi connectivity index (χ0n) is 12.2. The molecule has 1 aromatic carbocycles. The largest absolute Gasteiger partial charge is 0.352 e. The summed E-state index contributed by atoms with van der Waals surface area (Å²) in [6.45, 7) is 5.31. The zero-order valence-corrected chi connectivity index (χ0v) is 12.2. The Morgan fingerprint density at radius 3 is 2.60 bits per heavy atom. The molecule has 2 rings (SSSR count). The maximum atomic E-state index is 12.0. The van der Waals surface area contributed by atoms with Crippen molar-refractivity contribution in [3.05, 3.63) is 35.9 Å². The Kier molecular flexibility index (Phi) is 5.56. The number of nitrogens with one attached hydrogen (secondary N) is 1. The summed E-state index contributed by atoms with van der Waals surface area (Å²) in [6.07, 6.45) is 2.90. The number of hydrogen-bond acceptors (Lipinski definition) is 3. The number of carbonyl (C=O) groups excluding carboxylic acids is 1. The minimum absolute atomic E-state index is 0.0352. The molecule has 0 aromatic heterocycles. The molecule has 0 radical (unpaired) electrons. The van der Waals surface area contributed by atoms with E-state index in [-0.39, 0.29) is 18.0 Å². The van der Waals surface area contributed by atoms with E-state index in [1.54, 1.807) is 0 Å². The second-order valence-electron chi connectivity index (χ2n) is 5.70. The van der Waals surface area contributed by atoms with Crippen LogP contribution in [-0.2, 0) is 4.79 Å². The van der Waals surface area contributed by atoms with Crippen LogP contribution in [0.1, 0.15) is 37.8 Å². The van der Waals surface area contributed by atoms with Gasteiger partial charge in [-0.3, -0.25) is 4.79 Å². The van der Waals surface area contributed by atoms with Crippen LogP contribution in [0, 0.1) is 0 Å². The van der Waals surface area contributed by atoms with Crippen molar-refractivity contribution in [3.63, 3.8) is 0 Å². The standard InChI is InChI=1S/C16H25N3O/c1-13(12-19-9-5-6-10-19)18-16(20)11-15(17)14-7-3-2-4-8-14/h2-4,7-8,13,15H,5-6,9-12,17H2,1H3,(H,18,20). The molecule has 110 valence electrons. The number of rotatable bonds is 6. The first kappa shape index (κ1) is 15.0. The molecule has 1 heterocycles. The molecule has 1 aliphatic heterocycles. The van der Waals surface area contributed by atoms with Crippen LogP contribution < -0.4 is 11.1 Å². The molecule has 0 spiro atoms. The second-order valence-corrected chi connectivity index (χ2v) is 5.70. The zero-order chi connectivity index (χ0) is 14.4. The van der Waals surface area contributed by atoms with Gasteiger partial charge in [-0.25, -0.2) is 0 Å². The Labute approximate surface area is 121 Å². The maximum absolute atomic E-state index is 12.0. The lowest BCUT2D eigenvalue weighted by molar-refractivity contribution is -0.122. The first-order valence-electron chi connectivity index (χ1n) is 7.47. The molecule has 0 bridgehead atoms. The van der Waals surface area contributed by atoms with Crippen molar-refractivity contribution >= 4 is 5.91 Å². The summed E-state index contributed by atoms with van der Waals surface area (Å²) in [6, 6.07) is 9.73. The van der Waals surface area contributed by atoms with Crippen molar-refractivity contribution in [3.8, 4) is 0 Å². The summed E-state index contributed by atoms with van der Waals surface area (Å²) >= 11 is 0. The van der Waals surface area contributed by atoms with Crippen LogP contribution in [0.4, 0.5) is 0 Å². The molecule has 4 nitrogen and oxygen atoms in total. The molecule has 2 unspecified atom stereocenters. The van der Waals surface area contributed by atoms with E-state index in [9.17, 15) is 4.79 Å². The van der Waals surface area contributed by atoms with E-state index in [2.05, 4.69) is 17.1 Å². The lowest BCUT2D eigenvalue weighted by Crippen LogP contribution is -2.41. The predicted octanol–water partition coefficient (Wildman–Crippen LogP) is 1.68. The average molecular weight is 275 g/mol. The Morgan fingerprint density at radius 1 is 1.30 bits per heavy atom. The van der Waals surface area contributed by atoms with Gasteiger partial charge in [-0.2, -0.15) is 0 Å². The highest BCUT2D eigenvalue weighted by molar-refractivity contribution is 5.77. The molecule has 2 atom stereocenters. The van der Waals surface area contributed by atoms with Crippen LogP contribution in [0.3, 0.4) is 0 Å². The van der Waals surface area contributed by atoms with E-state index in [0.717, 1.165) is 25.2 Å². The lowest BCUT2D eigenvalue weighted by atomic mass is 10.0. The third-order valence-corrected chi connectivity index (χ3v) is 3.77. The van der Waals surface area contributed by atoms with Gasteiger partial charge in [-0.05, 0) is 38.4 Å². The highest BCUT2D eigenvalue weighted by Gasteiger charge is 2.17. The van der Waals surface area contributed by atoms with Gasteiger partial charge in [0.25, 0.3) is 0 Å². The Bertz CT molecular complexity index is 415. The van der Waals surface area contributed by atoms with Gasteiger partial charge in [0.1, 0.15) is 0 Å². The van der Waals surface area contributed by atoms with Gasteiger partial charge in [0.2, 0.25) is 5.91 Å². The van der Waals surface area contributed by atoms with E-state index in [4.69, 9.17) is 5.73 Å². The fourth-order valence-corrected chi connectivity index (χ4v) is 2.75. The second kappa shape index (κ2) is 7.41. The van der Waals surface area contributed by atoms with E-state index >= 15 is 0 Å². The number of hydrogen-bond donors (Lipinski definition) is 2. The van der Waals surface area contributed by atoms with Crippen LogP contribution in [0.15, 0.2) is 30.3 Å². The smallest absolute Gasteiger partial charge is 0.222 e. The molecule has 0 saturated carbocycles. The Hall–Kier alpha value is -1.39. The number of carbonyl (C=O) groups is 1. The SMILES string of the molecule is CC(CN1CCCC1)NC(=O)CC(N)c1ccccc1. The molecule has 1 saturated heterocycles. The molecule has 1 aromatic rings.